The molecule has 0 bridgehead atoms. The molecule has 12 heteroatoms. The van der Waals surface area contributed by atoms with Crippen LogP contribution in [0, 0.1) is 29.1 Å². The van der Waals surface area contributed by atoms with E-state index in [2.05, 4.69) is 10.2 Å². The number of amides is 4. The number of aromatic hydroxyl groups is 1. The van der Waals surface area contributed by atoms with Crippen molar-refractivity contribution < 1.29 is 33.8 Å². The van der Waals surface area contributed by atoms with Gasteiger partial charge < -0.3 is 19.5 Å². The molecule has 6 atom stereocenters. The SMILES string of the molecule is COc1cc(O)c(C2C3=CCC4C(=O)N(c5ccc(N=Nc6ccc(N(C)C)cc6)cc5)C(=O)C4C3CC3C(=O)N(c4ccccc4)C(=O)C32C)c(OC)c1. The number of imide groups is 2. The number of hydrogen-bond donors (Lipinski definition) is 1. The van der Waals surface area contributed by atoms with E-state index in [0.29, 0.717) is 34.1 Å². The number of hydrogen-bond acceptors (Lipinski definition) is 10. The van der Waals surface area contributed by atoms with Crippen molar-refractivity contribution in [2.24, 2.45) is 39.3 Å². The summed E-state index contributed by atoms with van der Waals surface area (Å²) in [5.74, 6) is -4.77. The number of phenolic OH excluding ortho intramolecular Hbond substituents is 1. The van der Waals surface area contributed by atoms with Crippen molar-refractivity contribution in [2.75, 3.05) is 43.0 Å². The molecule has 6 unspecified atom stereocenters. The Kier molecular flexibility index (Phi) is 8.78. The number of allylic oxidation sites excluding steroid dienone is 2. The number of carbonyl (C=O) groups is 4. The molecule has 3 fully saturated rings. The van der Waals surface area contributed by atoms with Crippen molar-refractivity contribution >= 4 is 52.1 Å². The first kappa shape index (κ1) is 35.7. The second-order valence-corrected chi connectivity index (χ2v) is 14.9. The highest BCUT2D eigenvalue weighted by Gasteiger charge is 2.68. The van der Waals surface area contributed by atoms with Crippen molar-refractivity contribution in [1.29, 1.82) is 0 Å². The summed E-state index contributed by atoms with van der Waals surface area (Å²) < 4.78 is 11.2. The van der Waals surface area contributed by atoms with Gasteiger partial charge in [0.25, 0.3) is 0 Å². The predicted molar refractivity (Wildman–Crippen MR) is 206 cm³/mol. The first-order valence-electron chi connectivity index (χ1n) is 18.2. The highest BCUT2D eigenvalue weighted by atomic mass is 16.5. The molecule has 0 aromatic heterocycles. The summed E-state index contributed by atoms with van der Waals surface area (Å²) in [7, 11) is 6.86. The topological polar surface area (TPSA) is 141 Å². The summed E-state index contributed by atoms with van der Waals surface area (Å²) in [6.07, 6.45) is 2.36. The lowest BCUT2D eigenvalue weighted by Crippen LogP contribution is -2.49. The monoisotopic (exact) mass is 739 g/mol. The zero-order valence-electron chi connectivity index (χ0n) is 31.2. The number of para-hydroxylation sites is 1. The first-order chi connectivity index (χ1) is 26.5. The van der Waals surface area contributed by atoms with Gasteiger partial charge in [-0.1, -0.05) is 29.8 Å². The van der Waals surface area contributed by atoms with Crippen LogP contribution in [0.1, 0.15) is 31.2 Å². The fraction of sp³-hybridized carbons (Fsp3) is 0.302. The Morgan fingerprint density at radius 2 is 1.40 bits per heavy atom. The molecule has 2 heterocycles. The van der Waals surface area contributed by atoms with Crippen molar-refractivity contribution in [3.05, 3.63) is 108 Å². The third-order valence-corrected chi connectivity index (χ3v) is 11.9. The number of fused-ring (bicyclic) bond motifs is 4. The van der Waals surface area contributed by atoms with Gasteiger partial charge in [-0.25, -0.2) is 4.90 Å². The van der Waals surface area contributed by atoms with Crippen molar-refractivity contribution in [3.63, 3.8) is 0 Å². The molecule has 1 saturated carbocycles. The zero-order valence-corrected chi connectivity index (χ0v) is 31.2. The average Bonchev–Trinajstić information content (AvgIpc) is 3.57. The van der Waals surface area contributed by atoms with Crippen LogP contribution in [0.2, 0.25) is 0 Å². The summed E-state index contributed by atoms with van der Waals surface area (Å²) in [5, 5.41) is 20.3. The number of carbonyl (C=O) groups excluding carboxylic acids is 4. The molecule has 2 aliphatic carbocycles. The fourth-order valence-corrected chi connectivity index (χ4v) is 9.17. The molecule has 8 rings (SSSR count). The Labute approximate surface area is 318 Å². The lowest BCUT2D eigenvalue weighted by atomic mass is 9.51. The molecule has 280 valence electrons. The Bertz CT molecular complexity index is 2270. The second-order valence-electron chi connectivity index (χ2n) is 14.9. The van der Waals surface area contributed by atoms with Crippen molar-refractivity contribution in [3.8, 4) is 17.2 Å². The maximum absolute atomic E-state index is 14.7. The lowest BCUT2D eigenvalue weighted by molar-refractivity contribution is -0.131. The van der Waals surface area contributed by atoms with Gasteiger partial charge in [-0.05, 0) is 86.3 Å². The van der Waals surface area contributed by atoms with Gasteiger partial charge in [0.1, 0.15) is 17.2 Å². The van der Waals surface area contributed by atoms with E-state index >= 15 is 0 Å². The molecule has 12 nitrogen and oxygen atoms in total. The first-order valence-corrected chi connectivity index (χ1v) is 18.2. The van der Waals surface area contributed by atoms with Gasteiger partial charge in [-0.3, -0.25) is 24.1 Å². The molecule has 1 N–H and O–H groups in total. The van der Waals surface area contributed by atoms with Crippen molar-refractivity contribution in [2.45, 2.75) is 25.7 Å². The van der Waals surface area contributed by atoms with Crippen molar-refractivity contribution in [1.82, 2.24) is 0 Å². The van der Waals surface area contributed by atoms with E-state index in [-0.39, 0.29) is 42.1 Å². The highest BCUT2D eigenvalue weighted by Crippen LogP contribution is 2.65. The Morgan fingerprint density at radius 3 is 2.02 bits per heavy atom. The van der Waals surface area contributed by atoms with E-state index in [1.165, 1.54) is 30.1 Å². The number of rotatable bonds is 8. The molecule has 4 amide bonds. The number of phenols is 1. The minimum absolute atomic E-state index is 0.165. The van der Waals surface area contributed by atoms with Crippen LogP contribution in [-0.2, 0) is 19.2 Å². The van der Waals surface area contributed by atoms with Crippen LogP contribution in [0.5, 0.6) is 17.2 Å². The van der Waals surface area contributed by atoms with Crippen LogP contribution in [0.15, 0.2) is 113 Å². The van der Waals surface area contributed by atoms with Gasteiger partial charge in [0, 0.05) is 43.4 Å². The fourth-order valence-electron chi connectivity index (χ4n) is 9.17. The smallest absolute Gasteiger partial charge is 0.241 e. The standard InChI is InChI=1S/C43H41N5O7/c1-43-33(40(51)48(42(43)53)27-9-7-6-8-10-27)23-32-30(38(43)37-34(49)21-29(54-4)22-35(37)55-5)19-20-31-36(32)41(52)47(39(31)50)28-17-13-25(14-18-28)45-44-24-11-15-26(16-12-24)46(2)3/h6-19,21-22,31-33,36,38,49H,20,23H2,1-5H3. The van der Waals surface area contributed by atoms with E-state index in [1.807, 2.05) is 55.4 Å². The quantitative estimate of drug-likeness (QED) is 0.113. The molecule has 4 aromatic rings. The largest absolute Gasteiger partial charge is 0.507 e. The average molecular weight is 740 g/mol. The predicted octanol–water partition coefficient (Wildman–Crippen LogP) is 7.33. The van der Waals surface area contributed by atoms with E-state index in [1.54, 1.807) is 61.5 Å². The Balaban J connectivity index is 1.16. The molecule has 2 saturated heterocycles. The van der Waals surface area contributed by atoms with Gasteiger partial charge in [-0.2, -0.15) is 10.2 Å². The molecular weight excluding hydrogens is 699 g/mol. The van der Waals surface area contributed by atoms with E-state index in [0.717, 1.165) is 11.3 Å². The highest BCUT2D eigenvalue weighted by molar-refractivity contribution is 6.25. The maximum atomic E-state index is 14.7. The molecule has 4 aromatic carbocycles. The zero-order chi connectivity index (χ0) is 38.8. The molecule has 55 heavy (non-hydrogen) atoms. The summed E-state index contributed by atoms with van der Waals surface area (Å²) in [5.41, 5.74) is 2.83. The van der Waals surface area contributed by atoms with Gasteiger partial charge in [0.15, 0.2) is 0 Å². The van der Waals surface area contributed by atoms with Crippen LogP contribution >= 0.6 is 0 Å². The molecule has 0 spiro atoms. The van der Waals surface area contributed by atoms with E-state index < -0.39 is 40.9 Å². The molecule has 0 radical (unpaired) electrons. The van der Waals surface area contributed by atoms with Crippen LogP contribution in [0.3, 0.4) is 0 Å². The number of azo groups is 1. The second kappa shape index (κ2) is 13.5. The Hall–Kier alpha value is -6.30. The number of benzene rings is 4. The third kappa shape index (κ3) is 5.57. The minimum atomic E-state index is -1.36. The van der Waals surface area contributed by atoms with Gasteiger partial charge >= 0.3 is 0 Å². The van der Waals surface area contributed by atoms with E-state index in [4.69, 9.17) is 9.47 Å². The van der Waals surface area contributed by atoms with Crippen LogP contribution in [0.25, 0.3) is 0 Å². The van der Waals surface area contributed by atoms with Crippen LogP contribution in [0.4, 0.5) is 28.4 Å². The van der Waals surface area contributed by atoms with E-state index in [9.17, 15) is 24.3 Å². The number of methoxy groups -OCH3 is 2. The lowest BCUT2D eigenvalue weighted by Gasteiger charge is -2.49. The number of anilines is 3. The normalized spacial score (nSPS) is 25.8. The van der Waals surface area contributed by atoms with Crippen LogP contribution < -0.4 is 24.2 Å². The third-order valence-electron chi connectivity index (χ3n) is 11.9. The number of nitrogens with zero attached hydrogens (tertiary/aromatic N) is 5. The van der Waals surface area contributed by atoms with Crippen LogP contribution in [-0.4, -0.2) is 57.1 Å². The van der Waals surface area contributed by atoms with Gasteiger partial charge in [0.2, 0.25) is 23.6 Å². The summed E-state index contributed by atoms with van der Waals surface area (Å²) in [4.78, 5) is 62.4. The summed E-state index contributed by atoms with van der Waals surface area (Å²) in [6.45, 7) is 1.77. The summed E-state index contributed by atoms with van der Waals surface area (Å²) in [6, 6.07) is 26.3. The minimum Gasteiger partial charge on any atom is -0.507 e. The van der Waals surface area contributed by atoms with Gasteiger partial charge in [0.05, 0.1) is 60.1 Å². The summed E-state index contributed by atoms with van der Waals surface area (Å²) >= 11 is 0. The maximum Gasteiger partial charge on any atom is 0.241 e. The Morgan fingerprint density at radius 1 is 0.764 bits per heavy atom. The number of ether oxygens (including phenoxy) is 2. The molecule has 2 aliphatic heterocycles. The molecule has 4 aliphatic rings. The van der Waals surface area contributed by atoms with Gasteiger partial charge in [-0.15, -0.1) is 0 Å². The molecular formula is C43H41N5O7.